The Labute approximate surface area is 202 Å². The lowest BCUT2D eigenvalue weighted by Gasteiger charge is -2.35. The minimum absolute atomic E-state index is 0.148. The second-order valence-corrected chi connectivity index (χ2v) is 8.64. The Balaban J connectivity index is 1.76. The first-order valence-electron chi connectivity index (χ1n) is 10.6. The SMILES string of the molecule is CC1=C(C(=O)OCC(C)C)C(c2ccc(NC(=O)Nc3ccc(F)cc3F)cc2)NC(=S)N1C. The number of benzene rings is 2. The van der Waals surface area contributed by atoms with E-state index in [4.69, 9.17) is 17.0 Å². The van der Waals surface area contributed by atoms with E-state index in [1.807, 2.05) is 13.8 Å². The molecule has 7 nitrogen and oxygen atoms in total. The van der Waals surface area contributed by atoms with Crippen LogP contribution in [-0.2, 0) is 9.53 Å². The second kappa shape index (κ2) is 10.6. The Morgan fingerprint density at radius 2 is 1.82 bits per heavy atom. The van der Waals surface area contributed by atoms with Crippen molar-refractivity contribution in [2.75, 3.05) is 24.3 Å². The number of carbonyl (C=O) groups is 2. The van der Waals surface area contributed by atoms with Crippen molar-refractivity contribution in [3.05, 3.63) is 70.9 Å². The summed E-state index contributed by atoms with van der Waals surface area (Å²) in [6, 6.07) is 8.41. The van der Waals surface area contributed by atoms with Gasteiger partial charge in [-0.25, -0.2) is 18.4 Å². The van der Waals surface area contributed by atoms with Crippen LogP contribution >= 0.6 is 12.2 Å². The number of rotatable bonds is 6. The van der Waals surface area contributed by atoms with E-state index in [-0.39, 0.29) is 11.6 Å². The number of ether oxygens (including phenoxy) is 1. The highest BCUT2D eigenvalue weighted by atomic mass is 32.1. The van der Waals surface area contributed by atoms with Gasteiger partial charge in [0, 0.05) is 24.5 Å². The molecule has 0 radical (unpaired) electrons. The predicted molar refractivity (Wildman–Crippen MR) is 130 cm³/mol. The van der Waals surface area contributed by atoms with Gasteiger partial charge in [0.15, 0.2) is 5.11 Å². The number of hydrogen-bond donors (Lipinski definition) is 3. The van der Waals surface area contributed by atoms with Gasteiger partial charge in [0.1, 0.15) is 11.6 Å². The normalized spacial score (nSPS) is 15.8. The maximum atomic E-state index is 13.8. The molecule has 2 aromatic carbocycles. The molecule has 180 valence electrons. The Bertz CT molecular complexity index is 1140. The summed E-state index contributed by atoms with van der Waals surface area (Å²) in [4.78, 5) is 26.8. The summed E-state index contributed by atoms with van der Waals surface area (Å²) in [5, 5.41) is 8.54. The van der Waals surface area contributed by atoms with E-state index in [1.165, 1.54) is 0 Å². The largest absolute Gasteiger partial charge is 0.462 e. The van der Waals surface area contributed by atoms with Crippen molar-refractivity contribution < 1.29 is 23.1 Å². The molecule has 1 aliphatic rings. The molecule has 2 aromatic rings. The average Bonchev–Trinajstić information content (AvgIpc) is 2.78. The maximum Gasteiger partial charge on any atom is 0.338 e. The minimum atomic E-state index is -0.881. The first kappa shape index (κ1) is 25.1. The molecular formula is C24H26F2N4O3S. The predicted octanol–water partition coefficient (Wildman–Crippen LogP) is 4.94. The molecule has 1 unspecified atom stereocenters. The van der Waals surface area contributed by atoms with Crippen LogP contribution in [0.2, 0.25) is 0 Å². The number of thiocarbonyl (C=S) groups is 1. The number of amides is 2. The van der Waals surface area contributed by atoms with Crippen LogP contribution in [0.4, 0.5) is 25.0 Å². The third-order valence-corrected chi connectivity index (χ3v) is 5.59. The zero-order valence-corrected chi connectivity index (χ0v) is 20.1. The van der Waals surface area contributed by atoms with Crippen LogP contribution in [-0.4, -0.2) is 35.7 Å². The summed E-state index contributed by atoms with van der Waals surface area (Å²) in [7, 11) is 1.77. The van der Waals surface area contributed by atoms with Crippen molar-refractivity contribution in [1.82, 2.24) is 10.2 Å². The number of nitrogens with zero attached hydrogens (tertiary/aromatic N) is 1. The van der Waals surface area contributed by atoms with Gasteiger partial charge in [-0.15, -0.1) is 0 Å². The van der Waals surface area contributed by atoms with E-state index >= 15 is 0 Å². The number of esters is 1. The quantitative estimate of drug-likeness (QED) is 0.395. The Morgan fingerprint density at radius 1 is 1.15 bits per heavy atom. The molecule has 3 rings (SSSR count). The van der Waals surface area contributed by atoms with Crippen LogP contribution < -0.4 is 16.0 Å². The fourth-order valence-corrected chi connectivity index (χ4v) is 3.56. The highest BCUT2D eigenvalue weighted by Gasteiger charge is 2.33. The topological polar surface area (TPSA) is 82.7 Å². The first-order valence-corrected chi connectivity index (χ1v) is 11.0. The minimum Gasteiger partial charge on any atom is -0.462 e. The molecule has 1 atom stereocenters. The van der Waals surface area contributed by atoms with Gasteiger partial charge in [0.2, 0.25) is 0 Å². The number of carbonyl (C=O) groups excluding carboxylic acids is 2. The van der Waals surface area contributed by atoms with Crippen LogP contribution in [0.5, 0.6) is 0 Å². The molecule has 0 bridgehead atoms. The number of allylic oxidation sites excluding steroid dienone is 1. The molecule has 0 fully saturated rings. The fraction of sp³-hybridized carbons (Fsp3) is 0.292. The van der Waals surface area contributed by atoms with Crippen molar-refractivity contribution in [2.24, 2.45) is 5.92 Å². The number of nitrogens with one attached hydrogen (secondary N) is 3. The Morgan fingerprint density at radius 3 is 2.44 bits per heavy atom. The van der Waals surface area contributed by atoms with Crippen molar-refractivity contribution >= 4 is 40.7 Å². The first-order chi connectivity index (χ1) is 16.1. The van der Waals surface area contributed by atoms with E-state index in [1.54, 1.807) is 43.1 Å². The molecule has 3 N–H and O–H groups in total. The molecule has 1 heterocycles. The lowest BCUT2D eigenvalue weighted by molar-refractivity contribution is -0.140. The lowest BCUT2D eigenvalue weighted by Crippen LogP contribution is -2.46. The van der Waals surface area contributed by atoms with Crippen molar-refractivity contribution in [1.29, 1.82) is 0 Å². The van der Waals surface area contributed by atoms with Crippen LogP contribution in [0.3, 0.4) is 0 Å². The third-order valence-electron chi connectivity index (χ3n) is 5.20. The van der Waals surface area contributed by atoms with Gasteiger partial charge in [-0.05, 0) is 54.9 Å². The number of halogens is 2. The summed E-state index contributed by atoms with van der Waals surface area (Å²) in [6.45, 7) is 6.02. The van der Waals surface area contributed by atoms with Gasteiger partial charge in [-0.2, -0.15) is 0 Å². The number of urea groups is 1. The molecule has 10 heteroatoms. The molecule has 0 aromatic heterocycles. The molecular weight excluding hydrogens is 462 g/mol. The smallest absolute Gasteiger partial charge is 0.338 e. The highest BCUT2D eigenvalue weighted by Crippen LogP contribution is 2.31. The van der Waals surface area contributed by atoms with Gasteiger partial charge < -0.3 is 25.6 Å². The lowest BCUT2D eigenvalue weighted by atomic mass is 9.95. The van der Waals surface area contributed by atoms with Gasteiger partial charge in [-0.1, -0.05) is 26.0 Å². The van der Waals surface area contributed by atoms with Crippen molar-refractivity contribution in [3.63, 3.8) is 0 Å². The monoisotopic (exact) mass is 488 g/mol. The van der Waals surface area contributed by atoms with Gasteiger partial charge in [0.25, 0.3) is 0 Å². The molecule has 1 aliphatic heterocycles. The van der Waals surface area contributed by atoms with Gasteiger partial charge >= 0.3 is 12.0 Å². The fourth-order valence-electron chi connectivity index (χ4n) is 3.30. The number of hydrogen-bond acceptors (Lipinski definition) is 4. The summed E-state index contributed by atoms with van der Waals surface area (Å²) in [5.74, 6) is -1.86. The average molecular weight is 489 g/mol. The van der Waals surface area contributed by atoms with Gasteiger partial charge in [-0.3, -0.25) is 0 Å². The van der Waals surface area contributed by atoms with Crippen molar-refractivity contribution in [3.8, 4) is 0 Å². The molecule has 0 saturated heterocycles. The Kier molecular flexibility index (Phi) is 7.83. The summed E-state index contributed by atoms with van der Waals surface area (Å²) >= 11 is 5.40. The van der Waals surface area contributed by atoms with Gasteiger partial charge in [0.05, 0.1) is 23.9 Å². The zero-order chi connectivity index (χ0) is 25.0. The van der Waals surface area contributed by atoms with E-state index in [9.17, 15) is 18.4 Å². The summed E-state index contributed by atoms with van der Waals surface area (Å²) in [5.41, 5.74) is 2.16. The molecule has 0 aliphatic carbocycles. The van der Waals surface area contributed by atoms with E-state index in [0.29, 0.717) is 34.7 Å². The van der Waals surface area contributed by atoms with Crippen LogP contribution in [0.1, 0.15) is 32.4 Å². The standard InChI is InChI=1S/C24H26F2N4O3S/c1-13(2)12-33-22(31)20-14(3)30(4)24(34)29-21(20)15-5-8-17(9-6-15)27-23(32)28-19-10-7-16(25)11-18(19)26/h5-11,13,21H,12H2,1-4H3,(H,29,34)(H2,27,28,32). The van der Waals surface area contributed by atoms with Crippen LogP contribution in [0.15, 0.2) is 53.7 Å². The van der Waals surface area contributed by atoms with Crippen LogP contribution in [0, 0.1) is 17.6 Å². The molecule has 0 saturated carbocycles. The summed E-state index contributed by atoms with van der Waals surface area (Å²) in [6.07, 6.45) is 0. The molecule has 0 spiro atoms. The van der Waals surface area contributed by atoms with E-state index in [0.717, 1.165) is 17.7 Å². The van der Waals surface area contributed by atoms with Crippen molar-refractivity contribution in [2.45, 2.75) is 26.8 Å². The number of anilines is 2. The molecule has 34 heavy (non-hydrogen) atoms. The summed E-state index contributed by atoms with van der Waals surface area (Å²) < 4.78 is 32.3. The third kappa shape index (κ3) is 5.88. The zero-order valence-electron chi connectivity index (χ0n) is 19.2. The van der Waals surface area contributed by atoms with E-state index in [2.05, 4.69) is 16.0 Å². The maximum absolute atomic E-state index is 13.8. The van der Waals surface area contributed by atoms with E-state index < -0.39 is 29.7 Å². The second-order valence-electron chi connectivity index (χ2n) is 8.26. The van der Waals surface area contributed by atoms with Crippen LogP contribution in [0.25, 0.3) is 0 Å². The Hall–Kier alpha value is -3.53. The highest BCUT2D eigenvalue weighted by molar-refractivity contribution is 7.80. The molecule has 2 amide bonds.